The first-order valence-corrected chi connectivity index (χ1v) is 19.9. The number of amides is 1. The van der Waals surface area contributed by atoms with E-state index >= 15 is 0 Å². The summed E-state index contributed by atoms with van der Waals surface area (Å²) in [6.45, 7) is 14.4. The van der Waals surface area contributed by atoms with Crippen LogP contribution in [0.1, 0.15) is 33.9 Å². The van der Waals surface area contributed by atoms with Crippen molar-refractivity contribution in [2.45, 2.75) is 77.7 Å². The van der Waals surface area contributed by atoms with Crippen LogP contribution in [0.4, 0.5) is 57.5 Å². The highest BCUT2D eigenvalue weighted by Gasteiger charge is 2.60. The van der Waals surface area contributed by atoms with Crippen molar-refractivity contribution in [1.29, 1.82) is 0 Å². The molecule has 4 heterocycles. The van der Waals surface area contributed by atoms with Crippen molar-refractivity contribution in [3.63, 3.8) is 0 Å². The normalized spacial score (nSPS) is 15.6. The number of hydrogen-bond donors (Lipinski definition) is 2. The molecule has 2 fully saturated rings. The van der Waals surface area contributed by atoms with E-state index in [0.29, 0.717) is 6.54 Å². The van der Waals surface area contributed by atoms with Crippen LogP contribution in [0.2, 0.25) is 0 Å². The minimum absolute atomic E-state index is 0.0540. The summed E-state index contributed by atoms with van der Waals surface area (Å²) in [6.07, 6.45) is -32.7. The van der Waals surface area contributed by atoms with E-state index in [0.717, 1.165) is 71.4 Å². The highest BCUT2D eigenvalue weighted by atomic mass is 19.4. The van der Waals surface area contributed by atoms with Crippen molar-refractivity contribution in [3.05, 3.63) is 107 Å². The smallest absolute Gasteiger partial charge is 0.426 e. The molecule has 0 unspecified atom stereocenters. The number of nitrogens with one attached hydrogen (secondary N) is 1. The predicted octanol–water partition coefficient (Wildman–Crippen LogP) is 9.36. The Morgan fingerprint density at radius 1 is 0.578 bits per heavy atom. The zero-order valence-electron chi connectivity index (χ0n) is 35.2. The van der Waals surface area contributed by atoms with E-state index in [1.54, 1.807) is 0 Å². The van der Waals surface area contributed by atoms with Crippen molar-refractivity contribution in [2.75, 3.05) is 52.4 Å². The highest BCUT2D eigenvalue weighted by molar-refractivity contribution is 5.70. The monoisotopic (exact) mass is 924 g/mol. The van der Waals surface area contributed by atoms with Crippen LogP contribution in [0.3, 0.4) is 0 Å². The highest BCUT2D eigenvalue weighted by Crippen LogP contribution is 2.36. The van der Waals surface area contributed by atoms with Gasteiger partial charge >= 0.3 is 30.8 Å². The fourth-order valence-electron chi connectivity index (χ4n) is 6.82. The summed E-state index contributed by atoms with van der Waals surface area (Å²) in [6, 6.07) is 24.7. The second-order valence-electron chi connectivity index (χ2n) is 15.1. The molecular formula is C43H48F12N6O3. The van der Waals surface area contributed by atoms with Crippen LogP contribution in [-0.4, -0.2) is 125 Å². The number of halogens is 12. The summed E-state index contributed by atoms with van der Waals surface area (Å²) in [5.74, 6) is 0. The molecule has 2 saturated heterocycles. The van der Waals surface area contributed by atoms with Gasteiger partial charge in [-0.1, -0.05) is 60.7 Å². The second kappa shape index (κ2) is 21.8. The molecule has 1 amide bonds. The number of nitrogens with zero attached hydrogens (tertiary/aromatic N) is 5. The summed E-state index contributed by atoms with van der Waals surface area (Å²) in [4.78, 5) is 26.6. The van der Waals surface area contributed by atoms with Gasteiger partial charge in [-0.3, -0.25) is 19.8 Å². The quantitative estimate of drug-likeness (QED) is 0.177. The minimum Gasteiger partial charge on any atom is -0.426 e. The van der Waals surface area contributed by atoms with E-state index in [1.807, 2.05) is 55.1 Å². The van der Waals surface area contributed by atoms with Gasteiger partial charge < -0.3 is 20.1 Å². The van der Waals surface area contributed by atoms with E-state index in [1.165, 1.54) is 22.4 Å². The number of carbonyl (C=O) groups is 1. The lowest BCUT2D eigenvalue weighted by Crippen LogP contribution is -2.52. The number of carbonyl (C=O) groups excluding carboxylic acids is 1. The van der Waals surface area contributed by atoms with Crippen LogP contribution in [0.15, 0.2) is 72.8 Å². The zero-order valence-corrected chi connectivity index (χ0v) is 35.2. The third kappa shape index (κ3) is 15.1. The molecule has 2 aliphatic rings. The van der Waals surface area contributed by atoms with Gasteiger partial charge in [0.2, 0.25) is 6.10 Å². The number of aliphatic hydroxyl groups excluding tert-OH is 1. The molecule has 9 nitrogen and oxygen atoms in total. The molecule has 2 aliphatic heterocycles. The Morgan fingerprint density at radius 3 is 1.31 bits per heavy atom. The Kier molecular flexibility index (Phi) is 17.6. The summed E-state index contributed by atoms with van der Waals surface area (Å²) >= 11 is 0. The molecule has 0 saturated carbocycles. The van der Waals surface area contributed by atoms with Crippen LogP contribution < -0.4 is 5.32 Å². The molecule has 6 rings (SSSR count). The Balaban J connectivity index is 0.000000245. The third-order valence-electron chi connectivity index (χ3n) is 10.2. The van der Waals surface area contributed by atoms with E-state index in [-0.39, 0.29) is 26.2 Å². The second-order valence-corrected chi connectivity index (χ2v) is 15.1. The number of alkyl halides is 12. The molecule has 0 radical (unpaired) electrons. The van der Waals surface area contributed by atoms with Crippen molar-refractivity contribution in [3.8, 4) is 22.3 Å². The number of aliphatic hydroxyl groups is 1. The standard InChI is InChI=1S/C22H23F6N3O2.C18H23N3.C3H2F6O/c1-14-5-3-4-6-17(14)18-8-7-16(29-15(18)2)13-30-9-11-31(12-10-30)20(32)33-19(21(23,24)25)22(26,27)28;1-14-5-3-4-6-17(14)18-8-7-16(20-15(18)2)13-21-11-9-19-10-12-21;4-2(5,6)1(10)3(7,8)9/h3-8,19H,9-13H2,1-2H3;3-8,19H,9-13H2,1-2H3;1,10H. The summed E-state index contributed by atoms with van der Waals surface area (Å²) < 4.78 is 145. The van der Waals surface area contributed by atoms with Gasteiger partial charge in [-0.2, -0.15) is 52.7 Å². The van der Waals surface area contributed by atoms with Gasteiger partial charge in [-0.15, -0.1) is 0 Å². The van der Waals surface area contributed by atoms with Crippen LogP contribution in [0.5, 0.6) is 0 Å². The molecule has 4 aromatic rings. The number of benzene rings is 2. The molecule has 21 heteroatoms. The number of aryl methyl sites for hydroxylation is 4. The number of hydrogen-bond acceptors (Lipinski definition) is 8. The zero-order chi connectivity index (χ0) is 47.6. The Hall–Kier alpha value is -4.99. The van der Waals surface area contributed by atoms with Crippen LogP contribution in [-0.2, 0) is 17.8 Å². The van der Waals surface area contributed by atoms with Gasteiger partial charge in [0.15, 0.2) is 0 Å². The first-order chi connectivity index (χ1) is 29.8. The van der Waals surface area contributed by atoms with E-state index in [2.05, 4.69) is 70.2 Å². The van der Waals surface area contributed by atoms with Crippen molar-refractivity contribution < 1.29 is 67.3 Å². The topological polar surface area (TPSA) is 94.1 Å². The lowest BCUT2D eigenvalue weighted by Gasteiger charge is -2.35. The molecule has 0 aliphatic carbocycles. The Morgan fingerprint density at radius 2 is 0.969 bits per heavy atom. The molecule has 0 atom stereocenters. The largest absolute Gasteiger partial charge is 0.434 e. The van der Waals surface area contributed by atoms with Crippen molar-refractivity contribution in [1.82, 2.24) is 30.0 Å². The van der Waals surface area contributed by atoms with Gasteiger partial charge in [-0.25, -0.2) is 4.79 Å². The molecule has 64 heavy (non-hydrogen) atoms. The number of aromatic nitrogens is 2. The maximum atomic E-state index is 12.6. The lowest BCUT2D eigenvalue weighted by molar-refractivity contribution is -0.309. The number of pyridine rings is 2. The lowest BCUT2D eigenvalue weighted by atomic mass is 9.99. The Labute approximate surface area is 362 Å². The fourth-order valence-corrected chi connectivity index (χ4v) is 6.82. The molecule has 2 aromatic carbocycles. The molecule has 2 aromatic heterocycles. The third-order valence-corrected chi connectivity index (χ3v) is 10.2. The van der Waals surface area contributed by atoms with Crippen LogP contribution >= 0.6 is 0 Å². The SMILES string of the molecule is Cc1ccccc1-c1ccc(CN2CCN(C(=O)OC(C(F)(F)F)C(F)(F)F)CC2)nc1C.Cc1ccccc1-c1ccc(CN2CCNCC2)nc1C.OC(C(F)(F)F)C(F)(F)F. The summed E-state index contributed by atoms with van der Waals surface area (Å²) in [5, 5.41) is 10.9. The van der Waals surface area contributed by atoms with Gasteiger partial charge in [0.05, 0.1) is 11.4 Å². The molecular weight excluding hydrogens is 876 g/mol. The average Bonchev–Trinajstić information content (AvgIpc) is 3.20. The Bertz CT molecular complexity index is 2100. The first kappa shape index (κ1) is 51.6. The van der Waals surface area contributed by atoms with Gasteiger partial charge in [0.1, 0.15) is 0 Å². The number of ether oxygens (including phenoxy) is 1. The molecule has 352 valence electrons. The minimum atomic E-state index is -5.73. The van der Waals surface area contributed by atoms with Gasteiger partial charge in [0, 0.05) is 88.0 Å². The molecule has 0 spiro atoms. The molecule has 2 N–H and O–H groups in total. The summed E-state index contributed by atoms with van der Waals surface area (Å²) in [5.41, 5.74) is 11.0. The maximum absolute atomic E-state index is 12.6. The van der Waals surface area contributed by atoms with E-state index in [9.17, 15) is 57.5 Å². The average molecular weight is 925 g/mol. The van der Waals surface area contributed by atoms with E-state index in [4.69, 9.17) is 10.1 Å². The number of rotatable bonds is 7. The predicted molar refractivity (Wildman–Crippen MR) is 214 cm³/mol. The van der Waals surface area contributed by atoms with Gasteiger partial charge in [0.25, 0.3) is 6.10 Å². The number of piperazine rings is 2. The fraction of sp³-hybridized carbons (Fsp3) is 0.465. The van der Waals surface area contributed by atoms with Gasteiger partial charge in [-0.05, 0) is 62.1 Å². The first-order valence-electron chi connectivity index (χ1n) is 19.9. The molecule has 0 bridgehead atoms. The van der Waals surface area contributed by atoms with E-state index < -0.39 is 43.0 Å². The van der Waals surface area contributed by atoms with Crippen molar-refractivity contribution in [2.24, 2.45) is 0 Å². The maximum Gasteiger partial charge on any atom is 0.434 e. The van der Waals surface area contributed by atoms with Crippen LogP contribution in [0, 0.1) is 27.7 Å². The van der Waals surface area contributed by atoms with Crippen molar-refractivity contribution >= 4 is 6.09 Å². The van der Waals surface area contributed by atoms with Crippen LogP contribution in [0.25, 0.3) is 22.3 Å². The summed E-state index contributed by atoms with van der Waals surface area (Å²) in [7, 11) is 0.